The minimum absolute atomic E-state index is 0.140. The van der Waals surface area contributed by atoms with E-state index in [0.717, 1.165) is 34.9 Å². The van der Waals surface area contributed by atoms with Crippen LogP contribution in [0.1, 0.15) is 28.3 Å². The van der Waals surface area contributed by atoms with E-state index in [4.69, 9.17) is 4.74 Å². The lowest BCUT2D eigenvalue weighted by Gasteiger charge is -2.07. The number of aromatic nitrogens is 2. The summed E-state index contributed by atoms with van der Waals surface area (Å²) in [6.07, 6.45) is -2.77. The predicted molar refractivity (Wildman–Crippen MR) is 86.4 cm³/mol. The first-order chi connectivity index (χ1) is 12.3. The summed E-state index contributed by atoms with van der Waals surface area (Å²) in [5.41, 5.74) is 0.350. The van der Waals surface area contributed by atoms with Crippen LogP contribution in [0.3, 0.4) is 0 Å². The summed E-state index contributed by atoms with van der Waals surface area (Å²) in [4.78, 5) is 19.7. The van der Waals surface area contributed by atoms with Crippen LogP contribution in [0.5, 0.6) is 5.19 Å². The molecule has 0 aliphatic rings. The van der Waals surface area contributed by atoms with E-state index in [1.165, 1.54) is 6.07 Å². The van der Waals surface area contributed by atoms with Gasteiger partial charge in [-0.3, -0.25) is 0 Å². The second-order valence-corrected chi connectivity index (χ2v) is 6.09. The lowest BCUT2D eigenvalue weighted by molar-refractivity contribution is 0.0725. The summed E-state index contributed by atoms with van der Waals surface area (Å²) in [6.45, 7) is 1.59. The van der Waals surface area contributed by atoms with Gasteiger partial charge in [-0.25, -0.2) is 32.3 Å². The zero-order valence-corrected chi connectivity index (χ0v) is 14.0. The molecule has 2 aromatic heterocycles. The van der Waals surface area contributed by atoms with Crippen LogP contribution >= 0.6 is 11.3 Å². The number of rotatable bonds is 4. The Bertz CT molecular complexity index is 955. The van der Waals surface area contributed by atoms with Crippen LogP contribution in [0.25, 0.3) is 11.1 Å². The molecule has 0 radical (unpaired) electrons. The summed E-state index contributed by atoms with van der Waals surface area (Å²) < 4.78 is 56.8. The molecule has 1 aromatic carbocycles. The number of aryl methyl sites for hydroxylation is 1. The van der Waals surface area contributed by atoms with Crippen molar-refractivity contribution < 1.29 is 27.1 Å². The van der Waals surface area contributed by atoms with Crippen molar-refractivity contribution >= 4 is 17.3 Å². The number of thiazole rings is 1. The maximum Gasteiger partial charge on any atom is 0.364 e. The van der Waals surface area contributed by atoms with Gasteiger partial charge in [-0.05, 0) is 42.3 Å². The quantitative estimate of drug-likeness (QED) is 0.473. The van der Waals surface area contributed by atoms with E-state index in [1.54, 1.807) is 13.0 Å². The fourth-order valence-electron chi connectivity index (χ4n) is 2.21. The Morgan fingerprint density at radius 2 is 1.69 bits per heavy atom. The third kappa shape index (κ3) is 4.05. The number of esters is 1. The predicted octanol–water partition coefficient (Wildman–Crippen LogP) is 4.95. The SMILES string of the molecule is Cc1cc(-c2cc(F)cc(F)c2)cc(C(=O)Oc2nc(C(F)F)cs2)n1. The molecule has 134 valence electrons. The molecule has 0 fully saturated rings. The van der Waals surface area contributed by atoms with E-state index in [0.29, 0.717) is 11.3 Å². The standard InChI is InChI=1S/C17H10F4N2O2S/c1-8-2-9(10-3-11(18)6-12(19)4-10)5-13(22-8)16(24)25-17-23-14(7-26-17)15(20)21/h2-7,15H,1H3. The van der Waals surface area contributed by atoms with E-state index >= 15 is 0 Å². The first-order valence-corrected chi connectivity index (χ1v) is 8.10. The molecular weight excluding hydrogens is 372 g/mol. The smallest absolute Gasteiger partial charge is 0.364 e. The van der Waals surface area contributed by atoms with E-state index in [9.17, 15) is 22.4 Å². The average molecular weight is 382 g/mol. The lowest BCUT2D eigenvalue weighted by atomic mass is 10.0. The molecule has 0 spiro atoms. The summed E-state index contributed by atoms with van der Waals surface area (Å²) >= 11 is 0.748. The summed E-state index contributed by atoms with van der Waals surface area (Å²) in [5, 5.41) is 0.838. The fraction of sp³-hybridized carbons (Fsp3) is 0.118. The lowest BCUT2D eigenvalue weighted by Crippen LogP contribution is -2.11. The van der Waals surface area contributed by atoms with Gasteiger partial charge in [-0.2, -0.15) is 0 Å². The van der Waals surface area contributed by atoms with Crippen LogP contribution in [0.4, 0.5) is 17.6 Å². The minimum Gasteiger partial charge on any atom is -0.393 e. The van der Waals surface area contributed by atoms with Crippen molar-refractivity contribution in [3.05, 3.63) is 64.4 Å². The number of hydrogen-bond acceptors (Lipinski definition) is 5. The van der Waals surface area contributed by atoms with Gasteiger partial charge in [0.2, 0.25) is 0 Å². The molecule has 0 amide bonds. The molecule has 0 N–H and O–H groups in total. The van der Waals surface area contributed by atoms with E-state index in [2.05, 4.69) is 9.97 Å². The van der Waals surface area contributed by atoms with Gasteiger partial charge in [0.05, 0.1) is 0 Å². The van der Waals surface area contributed by atoms with Crippen molar-refractivity contribution in [2.24, 2.45) is 0 Å². The molecular formula is C17H10F4N2O2S. The Kier molecular flexibility index (Phi) is 4.99. The van der Waals surface area contributed by atoms with Crippen molar-refractivity contribution in [1.29, 1.82) is 0 Å². The number of pyridine rings is 1. The zero-order chi connectivity index (χ0) is 18.8. The van der Waals surface area contributed by atoms with Gasteiger partial charge in [0, 0.05) is 17.1 Å². The molecule has 4 nitrogen and oxygen atoms in total. The Hall–Kier alpha value is -2.81. The zero-order valence-electron chi connectivity index (χ0n) is 13.2. The number of halogens is 4. The minimum atomic E-state index is -2.77. The van der Waals surface area contributed by atoms with Crippen LogP contribution < -0.4 is 4.74 Å². The highest BCUT2D eigenvalue weighted by atomic mass is 32.1. The number of carbonyl (C=O) groups excluding carboxylic acids is 1. The molecule has 0 atom stereocenters. The van der Waals surface area contributed by atoms with Crippen molar-refractivity contribution in [2.75, 3.05) is 0 Å². The van der Waals surface area contributed by atoms with E-state index in [-0.39, 0.29) is 16.5 Å². The monoisotopic (exact) mass is 382 g/mol. The highest BCUT2D eigenvalue weighted by molar-refractivity contribution is 7.11. The highest BCUT2D eigenvalue weighted by Gasteiger charge is 2.18. The van der Waals surface area contributed by atoms with E-state index < -0.39 is 29.7 Å². The average Bonchev–Trinajstić information content (AvgIpc) is 3.02. The first kappa shape index (κ1) is 18.0. The number of benzene rings is 1. The number of alkyl halides is 2. The maximum absolute atomic E-state index is 13.4. The molecule has 2 heterocycles. The number of ether oxygens (including phenoxy) is 1. The van der Waals surface area contributed by atoms with Gasteiger partial charge in [0.1, 0.15) is 23.0 Å². The topological polar surface area (TPSA) is 52.1 Å². The summed E-state index contributed by atoms with van der Waals surface area (Å²) in [6, 6.07) is 5.80. The van der Waals surface area contributed by atoms with Crippen LogP contribution in [-0.2, 0) is 0 Å². The molecule has 3 aromatic rings. The molecule has 9 heteroatoms. The number of nitrogens with zero attached hydrogens (tertiary/aromatic N) is 2. The molecule has 0 saturated heterocycles. The molecule has 0 bridgehead atoms. The second kappa shape index (κ2) is 7.20. The van der Waals surface area contributed by atoms with Crippen molar-refractivity contribution in [3.63, 3.8) is 0 Å². The van der Waals surface area contributed by atoms with Crippen LogP contribution in [0, 0.1) is 18.6 Å². The van der Waals surface area contributed by atoms with Gasteiger partial charge < -0.3 is 4.74 Å². The van der Waals surface area contributed by atoms with Gasteiger partial charge in [0.15, 0.2) is 0 Å². The van der Waals surface area contributed by atoms with Gasteiger partial charge in [0.25, 0.3) is 11.6 Å². The highest BCUT2D eigenvalue weighted by Crippen LogP contribution is 2.27. The molecule has 3 rings (SSSR count). The van der Waals surface area contributed by atoms with Crippen LogP contribution in [0.2, 0.25) is 0 Å². The Balaban J connectivity index is 1.90. The Morgan fingerprint density at radius 1 is 1.04 bits per heavy atom. The Morgan fingerprint density at radius 3 is 2.31 bits per heavy atom. The van der Waals surface area contributed by atoms with Crippen LogP contribution in [-0.4, -0.2) is 15.9 Å². The van der Waals surface area contributed by atoms with Crippen molar-refractivity contribution in [3.8, 4) is 16.3 Å². The summed E-state index contributed by atoms with van der Waals surface area (Å²) in [7, 11) is 0. The van der Waals surface area contributed by atoms with Gasteiger partial charge >= 0.3 is 5.97 Å². The number of hydrogen-bond donors (Lipinski definition) is 0. The van der Waals surface area contributed by atoms with E-state index in [1.807, 2.05) is 0 Å². The summed E-state index contributed by atoms with van der Waals surface area (Å²) in [5.74, 6) is -2.44. The molecule has 26 heavy (non-hydrogen) atoms. The molecule has 0 aliphatic heterocycles. The van der Waals surface area contributed by atoms with Crippen LogP contribution in [0.15, 0.2) is 35.7 Å². The second-order valence-electron chi connectivity index (χ2n) is 5.27. The third-order valence-electron chi connectivity index (χ3n) is 3.26. The maximum atomic E-state index is 13.4. The van der Waals surface area contributed by atoms with Gasteiger partial charge in [-0.15, -0.1) is 0 Å². The van der Waals surface area contributed by atoms with Crippen molar-refractivity contribution in [1.82, 2.24) is 9.97 Å². The first-order valence-electron chi connectivity index (χ1n) is 7.23. The van der Waals surface area contributed by atoms with Gasteiger partial charge in [-0.1, -0.05) is 11.3 Å². The third-order valence-corrected chi connectivity index (χ3v) is 4.00. The Labute approximate surface area is 149 Å². The normalized spacial score (nSPS) is 11.0. The molecule has 0 saturated carbocycles. The molecule has 0 aliphatic carbocycles. The fourth-order valence-corrected chi connectivity index (χ4v) is 2.87. The van der Waals surface area contributed by atoms with Crippen molar-refractivity contribution in [2.45, 2.75) is 13.3 Å². The largest absolute Gasteiger partial charge is 0.393 e. The number of carbonyl (C=O) groups is 1. The molecule has 0 unspecified atom stereocenters.